The van der Waals surface area contributed by atoms with E-state index >= 15 is 0 Å². The molecule has 0 unspecified atom stereocenters. The van der Waals surface area contributed by atoms with Crippen LogP contribution in [0.5, 0.6) is 0 Å². The summed E-state index contributed by atoms with van der Waals surface area (Å²) in [5.74, 6) is 0.821. The third-order valence-corrected chi connectivity index (χ3v) is 4.21. The molecular formula is C11H20ClN. The molecule has 1 saturated heterocycles. The number of nitrogens with zero attached hydrogens (tertiary/aromatic N) is 1. The summed E-state index contributed by atoms with van der Waals surface area (Å²) in [4.78, 5) is 2.59. The van der Waals surface area contributed by atoms with E-state index < -0.39 is 0 Å². The Kier molecular flexibility index (Phi) is 3.15. The molecule has 0 atom stereocenters. The van der Waals surface area contributed by atoms with Gasteiger partial charge in [-0.2, -0.15) is 0 Å². The Bertz CT molecular complexity index is 155. The fourth-order valence-corrected chi connectivity index (χ4v) is 2.83. The lowest BCUT2D eigenvalue weighted by Gasteiger charge is -2.48. The quantitative estimate of drug-likeness (QED) is 0.635. The second-order valence-corrected chi connectivity index (χ2v) is 5.12. The van der Waals surface area contributed by atoms with Gasteiger partial charge in [0.25, 0.3) is 0 Å². The summed E-state index contributed by atoms with van der Waals surface area (Å²) in [6, 6.07) is 0. The van der Waals surface area contributed by atoms with E-state index in [1.54, 1.807) is 0 Å². The fourth-order valence-electron chi connectivity index (χ4n) is 2.71. The van der Waals surface area contributed by atoms with E-state index in [9.17, 15) is 0 Å². The van der Waals surface area contributed by atoms with Crippen LogP contribution in [0.15, 0.2) is 0 Å². The fraction of sp³-hybridized carbons (Fsp3) is 1.00. The van der Waals surface area contributed by atoms with Crippen molar-refractivity contribution in [3.8, 4) is 0 Å². The molecule has 0 aromatic heterocycles. The zero-order chi connectivity index (χ0) is 9.15. The number of alkyl halides is 1. The minimum atomic E-state index is 0.803. The van der Waals surface area contributed by atoms with Crippen molar-refractivity contribution >= 4 is 11.6 Å². The van der Waals surface area contributed by atoms with Crippen molar-refractivity contribution in [3.05, 3.63) is 0 Å². The monoisotopic (exact) mass is 201 g/mol. The van der Waals surface area contributed by atoms with E-state index in [0.29, 0.717) is 0 Å². The standard InChI is InChI=1S/C11H20ClN/c12-7-2-8-13-9-5-11(6-10-13)3-1-4-11/h1-10H2. The van der Waals surface area contributed by atoms with Crippen molar-refractivity contribution in [3.63, 3.8) is 0 Å². The highest BCUT2D eigenvalue weighted by atomic mass is 35.5. The Hall–Kier alpha value is 0.250. The van der Waals surface area contributed by atoms with E-state index in [0.717, 1.165) is 17.7 Å². The summed E-state index contributed by atoms with van der Waals surface area (Å²) in [6.07, 6.45) is 8.58. The molecule has 1 spiro atoms. The average molecular weight is 202 g/mol. The topological polar surface area (TPSA) is 3.24 Å². The van der Waals surface area contributed by atoms with Gasteiger partial charge in [0, 0.05) is 5.88 Å². The van der Waals surface area contributed by atoms with Gasteiger partial charge in [0.15, 0.2) is 0 Å². The summed E-state index contributed by atoms with van der Waals surface area (Å²) in [5.41, 5.74) is 0.803. The zero-order valence-corrected chi connectivity index (χ0v) is 9.15. The molecule has 2 rings (SSSR count). The van der Waals surface area contributed by atoms with Gasteiger partial charge in [-0.25, -0.2) is 0 Å². The first kappa shape index (κ1) is 9.79. The predicted molar refractivity (Wildman–Crippen MR) is 57.3 cm³/mol. The molecule has 1 aliphatic carbocycles. The van der Waals surface area contributed by atoms with Crippen LogP contribution in [0.2, 0.25) is 0 Å². The maximum absolute atomic E-state index is 5.69. The van der Waals surface area contributed by atoms with Gasteiger partial charge in [-0.15, -0.1) is 11.6 Å². The van der Waals surface area contributed by atoms with Crippen LogP contribution in [-0.2, 0) is 0 Å². The summed E-state index contributed by atoms with van der Waals surface area (Å²) < 4.78 is 0. The molecule has 76 valence electrons. The van der Waals surface area contributed by atoms with Crippen LogP contribution in [0.25, 0.3) is 0 Å². The number of hydrogen-bond donors (Lipinski definition) is 0. The highest BCUT2D eigenvalue weighted by Gasteiger charge is 2.39. The summed E-state index contributed by atoms with van der Waals surface area (Å²) in [6.45, 7) is 3.88. The Morgan fingerprint density at radius 1 is 1.08 bits per heavy atom. The number of likely N-dealkylation sites (tertiary alicyclic amines) is 1. The SMILES string of the molecule is ClCCCN1CCC2(CCC2)CC1. The van der Waals surface area contributed by atoms with Gasteiger partial charge in [0.2, 0.25) is 0 Å². The molecule has 1 saturated carbocycles. The molecule has 0 amide bonds. The number of halogens is 1. The summed E-state index contributed by atoms with van der Waals surface area (Å²) in [7, 11) is 0. The van der Waals surface area contributed by atoms with Crippen molar-refractivity contribution in [2.75, 3.05) is 25.5 Å². The Morgan fingerprint density at radius 3 is 2.23 bits per heavy atom. The molecule has 2 heteroatoms. The largest absolute Gasteiger partial charge is 0.303 e. The van der Waals surface area contributed by atoms with Crippen LogP contribution >= 0.6 is 11.6 Å². The number of rotatable bonds is 3. The summed E-state index contributed by atoms with van der Waals surface area (Å²) in [5, 5.41) is 0. The molecule has 1 heterocycles. The second kappa shape index (κ2) is 4.18. The van der Waals surface area contributed by atoms with Crippen LogP contribution in [0.3, 0.4) is 0 Å². The third-order valence-electron chi connectivity index (χ3n) is 3.94. The highest BCUT2D eigenvalue weighted by Crippen LogP contribution is 2.48. The Balaban J connectivity index is 1.70. The molecule has 2 aliphatic rings. The van der Waals surface area contributed by atoms with Crippen LogP contribution in [-0.4, -0.2) is 30.4 Å². The first-order valence-electron chi connectivity index (χ1n) is 5.63. The minimum Gasteiger partial charge on any atom is -0.303 e. The molecule has 0 aromatic rings. The highest BCUT2D eigenvalue weighted by molar-refractivity contribution is 6.17. The van der Waals surface area contributed by atoms with Gasteiger partial charge in [0.05, 0.1) is 0 Å². The second-order valence-electron chi connectivity index (χ2n) is 4.74. The van der Waals surface area contributed by atoms with Gasteiger partial charge < -0.3 is 4.90 Å². The smallest absolute Gasteiger partial charge is 0.0235 e. The number of piperidine rings is 1. The van der Waals surface area contributed by atoms with Crippen LogP contribution in [0, 0.1) is 5.41 Å². The Labute approximate surface area is 86.4 Å². The van der Waals surface area contributed by atoms with E-state index in [2.05, 4.69) is 4.90 Å². The van der Waals surface area contributed by atoms with Gasteiger partial charge in [-0.1, -0.05) is 6.42 Å². The maximum Gasteiger partial charge on any atom is 0.0235 e. The normalized spacial score (nSPS) is 27.5. The van der Waals surface area contributed by atoms with Crippen LogP contribution in [0.1, 0.15) is 38.5 Å². The van der Waals surface area contributed by atoms with Crippen molar-refractivity contribution < 1.29 is 0 Å². The summed E-state index contributed by atoms with van der Waals surface area (Å²) >= 11 is 5.69. The van der Waals surface area contributed by atoms with Crippen molar-refractivity contribution in [1.82, 2.24) is 4.90 Å². The third kappa shape index (κ3) is 2.19. The van der Waals surface area contributed by atoms with Crippen LogP contribution in [0.4, 0.5) is 0 Å². The van der Waals surface area contributed by atoms with Gasteiger partial charge in [-0.05, 0) is 57.2 Å². The first-order chi connectivity index (χ1) is 6.35. The molecular weight excluding hydrogens is 182 g/mol. The predicted octanol–water partition coefficient (Wildman–Crippen LogP) is 2.88. The number of hydrogen-bond acceptors (Lipinski definition) is 1. The van der Waals surface area contributed by atoms with Crippen LogP contribution < -0.4 is 0 Å². The molecule has 13 heavy (non-hydrogen) atoms. The lowest BCUT2D eigenvalue weighted by molar-refractivity contribution is 0.0337. The lowest BCUT2D eigenvalue weighted by atomic mass is 9.63. The van der Waals surface area contributed by atoms with Crippen molar-refractivity contribution in [2.24, 2.45) is 5.41 Å². The first-order valence-corrected chi connectivity index (χ1v) is 6.16. The van der Waals surface area contributed by atoms with Gasteiger partial charge >= 0.3 is 0 Å². The molecule has 0 aromatic carbocycles. The molecule has 0 N–H and O–H groups in total. The van der Waals surface area contributed by atoms with E-state index in [-0.39, 0.29) is 0 Å². The van der Waals surface area contributed by atoms with E-state index in [4.69, 9.17) is 11.6 Å². The van der Waals surface area contributed by atoms with Gasteiger partial charge in [-0.3, -0.25) is 0 Å². The van der Waals surface area contributed by atoms with Crippen molar-refractivity contribution in [1.29, 1.82) is 0 Å². The molecule has 0 bridgehead atoms. The van der Waals surface area contributed by atoms with Crippen molar-refractivity contribution in [2.45, 2.75) is 38.5 Å². The minimum absolute atomic E-state index is 0.803. The Morgan fingerprint density at radius 2 is 1.77 bits per heavy atom. The lowest BCUT2D eigenvalue weighted by Crippen LogP contribution is -2.43. The maximum atomic E-state index is 5.69. The average Bonchev–Trinajstić information content (AvgIpc) is 2.13. The van der Waals surface area contributed by atoms with Gasteiger partial charge in [0.1, 0.15) is 0 Å². The van der Waals surface area contributed by atoms with E-state index in [1.807, 2.05) is 0 Å². The van der Waals surface area contributed by atoms with E-state index in [1.165, 1.54) is 51.7 Å². The molecule has 1 aliphatic heterocycles. The molecule has 0 radical (unpaired) electrons. The zero-order valence-electron chi connectivity index (χ0n) is 8.40. The molecule has 1 nitrogen and oxygen atoms in total. The molecule has 2 fully saturated rings.